The van der Waals surface area contributed by atoms with Crippen LogP contribution in [0.15, 0.2) is 12.1 Å². The quantitative estimate of drug-likeness (QED) is 0.546. The second-order valence-electron chi connectivity index (χ2n) is 3.51. The maximum Gasteiger partial charge on any atom is 0.348 e. The molecule has 0 aliphatic rings. The van der Waals surface area contributed by atoms with Gasteiger partial charge in [-0.1, -0.05) is 26.7 Å². The molecule has 0 bridgehead atoms. The fourth-order valence-electron chi connectivity index (χ4n) is 1.25. The number of carbonyl (C=O) groups excluding carboxylic acids is 1. The van der Waals surface area contributed by atoms with E-state index in [2.05, 4.69) is 13.8 Å². The molecule has 0 unspecified atom stereocenters. The predicted molar refractivity (Wildman–Crippen MR) is 63.5 cm³/mol. The lowest BCUT2D eigenvalue weighted by Gasteiger charge is -2.00. The second-order valence-corrected chi connectivity index (χ2v) is 4.67. The van der Waals surface area contributed by atoms with Crippen molar-refractivity contribution >= 4 is 17.3 Å². The maximum absolute atomic E-state index is 11.5. The molecule has 0 atom stereocenters. The number of unbranched alkanes of at least 4 members (excludes halogenated alkanes) is 1. The fourth-order valence-corrected chi connectivity index (χ4v) is 2.25. The van der Waals surface area contributed by atoms with Gasteiger partial charge < -0.3 is 4.74 Å². The summed E-state index contributed by atoms with van der Waals surface area (Å²) in [6.07, 6.45) is 4.16. The first-order valence-corrected chi connectivity index (χ1v) is 6.35. The first kappa shape index (κ1) is 12.2. The van der Waals surface area contributed by atoms with Crippen molar-refractivity contribution in [2.24, 2.45) is 0 Å². The van der Waals surface area contributed by atoms with Crippen molar-refractivity contribution in [3.63, 3.8) is 0 Å². The first-order valence-electron chi connectivity index (χ1n) is 5.53. The zero-order valence-corrected chi connectivity index (χ0v) is 10.2. The van der Waals surface area contributed by atoms with Crippen molar-refractivity contribution in [3.05, 3.63) is 21.9 Å². The smallest absolute Gasteiger partial charge is 0.348 e. The van der Waals surface area contributed by atoms with Crippen LogP contribution in [0.25, 0.3) is 0 Å². The number of aryl methyl sites for hydroxylation is 1. The molecule has 0 aromatic carbocycles. The summed E-state index contributed by atoms with van der Waals surface area (Å²) in [7, 11) is 0. The summed E-state index contributed by atoms with van der Waals surface area (Å²) in [5.41, 5.74) is 0. The summed E-state index contributed by atoms with van der Waals surface area (Å²) >= 11 is 1.55. The van der Waals surface area contributed by atoms with Crippen molar-refractivity contribution in [1.82, 2.24) is 0 Å². The molecule has 84 valence electrons. The Morgan fingerprint density at radius 2 is 2.13 bits per heavy atom. The van der Waals surface area contributed by atoms with Crippen LogP contribution >= 0.6 is 11.3 Å². The summed E-state index contributed by atoms with van der Waals surface area (Å²) < 4.78 is 5.13. The van der Waals surface area contributed by atoms with E-state index in [0.717, 1.165) is 30.6 Å². The van der Waals surface area contributed by atoms with Crippen LogP contribution in [0.5, 0.6) is 0 Å². The summed E-state index contributed by atoms with van der Waals surface area (Å²) in [5, 5.41) is 0. The molecule has 0 aliphatic heterocycles. The Hall–Kier alpha value is -0.830. The topological polar surface area (TPSA) is 26.3 Å². The number of thiophene rings is 1. The van der Waals surface area contributed by atoms with Crippen LogP contribution in [-0.2, 0) is 11.2 Å². The Morgan fingerprint density at radius 1 is 1.33 bits per heavy atom. The van der Waals surface area contributed by atoms with Crippen molar-refractivity contribution in [1.29, 1.82) is 0 Å². The maximum atomic E-state index is 11.5. The van der Waals surface area contributed by atoms with E-state index in [-0.39, 0.29) is 5.97 Å². The largest absolute Gasteiger partial charge is 0.462 e. The van der Waals surface area contributed by atoms with E-state index in [4.69, 9.17) is 4.74 Å². The minimum atomic E-state index is -0.171. The lowest BCUT2D eigenvalue weighted by atomic mass is 10.3. The molecule has 15 heavy (non-hydrogen) atoms. The SMILES string of the molecule is CCCCOC(=O)c1ccc(CCC)s1. The van der Waals surface area contributed by atoms with Gasteiger partial charge in [0.1, 0.15) is 4.88 Å². The fraction of sp³-hybridized carbons (Fsp3) is 0.583. The predicted octanol–water partition coefficient (Wildman–Crippen LogP) is 3.66. The third-order valence-corrected chi connectivity index (χ3v) is 3.22. The van der Waals surface area contributed by atoms with E-state index in [0.29, 0.717) is 6.61 Å². The van der Waals surface area contributed by atoms with E-state index >= 15 is 0 Å². The van der Waals surface area contributed by atoms with Crippen molar-refractivity contribution in [2.75, 3.05) is 6.61 Å². The van der Waals surface area contributed by atoms with Crippen molar-refractivity contribution in [3.8, 4) is 0 Å². The van der Waals surface area contributed by atoms with Gasteiger partial charge in [0.15, 0.2) is 0 Å². The Bertz CT molecular complexity index is 304. The van der Waals surface area contributed by atoms with E-state index < -0.39 is 0 Å². The van der Waals surface area contributed by atoms with Gasteiger partial charge in [-0.15, -0.1) is 11.3 Å². The second kappa shape index (κ2) is 6.62. The van der Waals surface area contributed by atoms with E-state index in [1.807, 2.05) is 12.1 Å². The molecule has 1 aromatic heterocycles. The highest BCUT2D eigenvalue weighted by molar-refractivity contribution is 7.13. The molecule has 1 aromatic rings. The summed E-state index contributed by atoms with van der Waals surface area (Å²) in [5.74, 6) is -0.171. The van der Waals surface area contributed by atoms with Gasteiger partial charge in [0.25, 0.3) is 0 Å². The summed E-state index contributed by atoms with van der Waals surface area (Å²) in [6.45, 7) is 4.76. The Kier molecular flexibility index (Phi) is 5.40. The standard InChI is InChI=1S/C12H18O2S/c1-3-5-9-14-12(13)11-8-7-10(15-11)6-4-2/h7-8H,3-6,9H2,1-2H3. The monoisotopic (exact) mass is 226 g/mol. The van der Waals surface area contributed by atoms with Crippen molar-refractivity contribution < 1.29 is 9.53 Å². The zero-order chi connectivity index (χ0) is 11.1. The average molecular weight is 226 g/mol. The molecule has 0 radical (unpaired) electrons. The van der Waals surface area contributed by atoms with Gasteiger partial charge in [0.2, 0.25) is 0 Å². The molecule has 0 aliphatic carbocycles. The molecule has 0 saturated heterocycles. The van der Waals surface area contributed by atoms with Gasteiger partial charge in [-0.2, -0.15) is 0 Å². The molecule has 0 spiro atoms. The number of rotatable bonds is 6. The van der Waals surface area contributed by atoms with Crippen LogP contribution in [0.3, 0.4) is 0 Å². The third kappa shape index (κ3) is 4.04. The molecule has 1 rings (SSSR count). The molecule has 2 nitrogen and oxygen atoms in total. The Labute approximate surface area is 95.3 Å². The highest BCUT2D eigenvalue weighted by Gasteiger charge is 2.09. The number of ether oxygens (including phenoxy) is 1. The number of carbonyl (C=O) groups is 1. The van der Waals surface area contributed by atoms with Gasteiger partial charge in [-0.3, -0.25) is 0 Å². The van der Waals surface area contributed by atoms with Crippen LogP contribution in [-0.4, -0.2) is 12.6 Å². The van der Waals surface area contributed by atoms with E-state index in [9.17, 15) is 4.79 Å². The van der Waals surface area contributed by atoms with Gasteiger partial charge in [0, 0.05) is 4.88 Å². The molecule has 0 amide bonds. The molecule has 0 N–H and O–H groups in total. The Morgan fingerprint density at radius 3 is 2.80 bits per heavy atom. The molecule has 3 heteroatoms. The van der Waals surface area contributed by atoms with Gasteiger partial charge in [-0.25, -0.2) is 4.79 Å². The Balaban J connectivity index is 2.43. The summed E-state index contributed by atoms with van der Waals surface area (Å²) in [4.78, 5) is 13.5. The molecule has 1 heterocycles. The summed E-state index contributed by atoms with van der Waals surface area (Å²) in [6, 6.07) is 3.88. The molecular weight excluding hydrogens is 208 g/mol. The number of hydrogen-bond donors (Lipinski definition) is 0. The van der Waals surface area contributed by atoms with E-state index in [1.54, 1.807) is 11.3 Å². The highest BCUT2D eigenvalue weighted by Crippen LogP contribution is 2.18. The van der Waals surface area contributed by atoms with Crippen LogP contribution < -0.4 is 0 Å². The van der Waals surface area contributed by atoms with Crippen molar-refractivity contribution in [2.45, 2.75) is 39.5 Å². The lowest BCUT2D eigenvalue weighted by molar-refractivity contribution is 0.0505. The van der Waals surface area contributed by atoms with Crippen LogP contribution in [0.4, 0.5) is 0 Å². The van der Waals surface area contributed by atoms with Gasteiger partial charge in [-0.05, 0) is 25.0 Å². The average Bonchev–Trinajstić information content (AvgIpc) is 2.67. The van der Waals surface area contributed by atoms with Crippen LogP contribution in [0, 0.1) is 0 Å². The van der Waals surface area contributed by atoms with Crippen LogP contribution in [0.1, 0.15) is 47.7 Å². The van der Waals surface area contributed by atoms with Crippen LogP contribution in [0.2, 0.25) is 0 Å². The minimum Gasteiger partial charge on any atom is -0.462 e. The van der Waals surface area contributed by atoms with Gasteiger partial charge >= 0.3 is 5.97 Å². The number of esters is 1. The first-order chi connectivity index (χ1) is 7.27. The van der Waals surface area contributed by atoms with Gasteiger partial charge in [0.05, 0.1) is 6.61 Å². The zero-order valence-electron chi connectivity index (χ0n) is 9.41. The van der Waals surface area contributed by atoms with E-state index in [1.165, 1.54) is 4.88 Å². The molecule has 0 fully saturated rings. The molecular formula is C12H18O2S. The number of hydrogen-bond acceptors (Lipinski definition) is 3. The molecule has 0 saturated carbocycles. The highest BCUT2D eigenvalue weighted by atomic mass is 32.1. The minimum absolute atomic E-state index is 0.171. The lowest BCUT2D eigenvalue weighted by Crippen LogP contribution is -2.03. The third-order valence-electron chi connectivity index (χ3n) is 2.09. The normalized spacial score (nSPS) is 10.3.